The van der Waals surface area contributed by atoms with E-state index in [0.717, 1.165) is 6.42 Å². The highest BCUT2D eigenvalue weighted by molar-refractivity contribution is 5.76. The van der Waals surface area contributed by atoms with E-state index in [9.17, 15) is 4.79 Å². The third-order valence-electron chi connectivity index (χ3n) is 3.39. The van der Waals surface area contributed by atoms with Crippen LogP contribution in [-0.4, -0.2) is 23.7 Å². The summed E-state index contributed by atoms with van der Waals surface area (Å²) in [6, 6.07) is 0.207. The molecule has 2 atom stereocenters. The van der Waals surface area contributed by atoms with Crippen molar-refractivity contribution >= 4 is 5.91 Å². The minimum atomic E-state index is 0.156. The zero-order valence-corrected chi connectivity index (χ0v) is 11.4. The maximum absolute atomic E-state index is 11.9. The lowest BCUT2D eigenvalue weighted by Crippen LogP contribution is -2.37. The van der Waals surface area contributed by atoms with Gasteiger partial charge in [-0.3, -0.25) is 4.79 Å². The summed E-state index contributed by atoms with van der Waals surface area (Å²) in [6.45, 7) is 6.68. The van der Waals surface area contributed by atoms with Gasteiger partial charge in [0.15, 0.2) is 0 Å². The molecule has 17 heavy (non-hydrogen) atoms. The molecule has 3 nitrogen and oxygen atoms in total. The summed E-state index contributed by atoms with van der Waals surface area (Å²) in [5.41, 5.74) is 0. The molecule has 1 aliphatic carbocycles. The fourth-order valence-electron chi connectivity index (χ4n) is 2.53. The molecule has 1 aliphatic rings. The Balaban J connectivity index is 2.26. The van der Waals surface area contributed by atoms with Crippen LogP contribution in [0.5, 0.6) is 0 Å². The molecule has 3 heteroatoms. The molecule has 0 aliphatic heterocycles. The van der Waals surface area contributed by atoms with Crippen molar-refractivity contribution in [2.24, 2.45) is 17.8 Å². The first kappa shape index (κ1) is 14.5. The van der Waals surface area contributed by atoms with Crippen LogP contribution in [-0.2, 0) is 4.79 Å². The smallest absolute Gasteiger partial charge is 0.220 e. The third kappa shape index (κ3) is 6.06. The van der Waals surface area contributed by atoms with Gasteiger partial charge in [0, 0.05) is 19.1 Å². The Morgan fingerprint density at radius 2 is 2.00 bits per heavy atom. The van der Waals surface area contributed by atoms with Gasteiger partial charge < -0.3 is 10.4 Å². The second-order valence-corrected chi connectivity index (χ2v) is 5.96. The summed E-state index contributed by atoms with van der Waals surface area (Å²) < 4.78 is 0. The van der Waals surface area contributed by atoms with Crippen molar-refractivity contribution < 1.29 is 9.90 Å². The molecule has 1 fully saturated rings. The van der Waals surface area contributed by atoms with E-state index in [1.807, 2.05) is 0 Å². The molecule has 1 saturated carbocycles. The van der Waals surface area contributed by atoms with Crippen molar-refractivity contribution in [1.29, 1.82) is 0 Å². The SMILES string of the molecule is CC(C)CC(C)CC(=O)NC(CCO)C1CC1. The maximum atomic E-state index is 11.9. The number of hydrogen-bond acceptors (Lipinski definition) is 2. The lowest BCUT2D eigenvalue weighted by Gasteiger charge is -2.19. The fraction of sp³-hybridized carbons (Fsp3) is 0.929. The molecular weight excluding hydrogens is 214 g/mol. The Labute approximate surface area is 105 Å². The van der Waals surface area contributed by atoms with Gasteiger partial charge in [0.2, 0.25) is 5.91 Å². The third-order valence-corrected chi connectivity index (χ3v) is 3.39. The summed E-state index contributed by atoms with van der Waals surface area (Å²) in [7, 11) is 0. The zero-order chi connectivity index (χ0) is 12.8. The first-order valence-corrected chi connectivity index (χ1v) is 6.93. The van der Waals surface area contributed by atoms with Crippen molar-refractivity contribution in [3.8, 4) is 0 Å². The van der Waals surface area contributed by atoms with E-state index in [4.69, 9.17) is 5.11 Å². The van der Waals surface area contributed by atoms with E-state index in [-0.39, 0.29) is 18.6 Å². The van der Waals surface area contributed by atoms with E-state index in [0.29, 0.717) is 30.6 Å². The number of rotatable bonds is 8. The minimum absolute atomic E-state index is 0.156. The van der Waals surface area contributed by atoms with Crippen molar-refractivity contribution in [2.45, 2.75) is 58.9 Å². The van der Waals surface area contributed by atoms with E-state index in [2.05, 4.69) is 26.1 Å². The van der Waals surface area contributed by atoms with Crippen LogP contribution in [0, 0.1) is 17.8 Å². The van der Waals surface area contributed by atoms with Gasteiger partial charge in [-0.1, -0.05) is 20.8 Å². The number of carbonyl (C=O) groups is 1. The normalized spacial score (nSPS) is 19.1. The van der Waals surface area contributed by atoms with Crippen LogP contribution in [0.2, 0.25) is 0 Å². The van der Waals surface area contributed by atoms with Crippen molar-refractivity contribution in [2.75, 3.05) is 6.61 Å². The first-order chi connectivity index (χ1) is 8.02. The van der Waals surface area contributed by atoms with Gasteiger partial charge >= 0.3 is 0 Å². The Morgan fingerprint density at radius 3 is 2.47 bits per heavy atom. The van der Waals surface area contributed by atoms with E-state index in [1.165, 1.54) is 12.8 Å². The second-order valence-electron chi connectivity index (χ2n) is 5.96. The molecule has 0 bridgehead atoms. The molecule has 0 aromatic carbocycles. The molecule has 2 unspecified atom stereocenters. The highest BCUT2D eigenvalue weighted by Gasteiger charge is 2.31. The Morgan fingerprint density at radius 1 is 1.35 bits per heavy atom. The molecule has 0 aromatic heterocycles. The van der Waals surface area contributed by atoms with Gasteiger partial charge in [0.1, 0.15) is 0 Å². The summed E-state index contributed by atoms with van der Waals surface area (Å²) in [6.07, 6.45) is 4.82. The lowest BCUT2D eigenvalue weighted by molar-refractivity contribution is -0.122. The molecule has 1 amide bonds. The highest BCUT2D eigenvalue weighted by atomic mass is 16.3. The number of nitrogens with one attached hydrogen (secondary N) is 1. The molecule has 1 rings (SSSR count). The standard InChI is InChI=1S/C14H27NO2/c1-10(2)8-11(3)9-14(17)15-13(6-7-16)12-4-5-12/h10-13,16H,4-9H2,1-3H3,(H,15,17). The van der Waals surface area contributed by atoms with Gasteiger partial charge in [-0.05, 0) is 43.4 Å². The monoisotopic (exact) mass is 241 g/mol. The summed E-state index contributed by atoms with van der Waals surface area (Å²) in [5, 5.41) is 12.1. The number of amides is 1. The van der Waals surface area contributed by atoms with Gasteiger partial charge in [-0.15, -0.1) is 0 Å². The Hall–Kier alpha value is -0.570. The number of aliphatic hydroxyl groups excluding tert-OH is 1. The summed E-state index contributed by atoms with van der Waals surface area (Å²) >= 11 is 0. The van der Waals surface area contributed by atoms with Gasteiger partial charge in [0.25, 0.3) is 0 Å². The molecular formula is C14H27NO2. The van der Waals surface area contributed by atoms with Gasteiger partial charge in [-0.2, -0.15) is 0 Å². The van der Waals surface area contributed by atoms with Gasteiger partial charge in [-0.25, -0.2) is 0 Å². The average molecular weight is 241 g/mol. The molecule has 100 valence electrons. The van der Waals surface area contributed by atoms with Crippen LogP contribution >= 0.6 is 0 Å². The number of carbonyl (C=O) groups excluding carboxylic acids is 1. The lowest BCUT2D eigenvalue weighted by atomic mass is 9.95. The van der Waals surface area contributed by atoms with Crippen molar-refractivity contribution in [3.63, 3.8) is 0 Å². The van der Waals surface area contributed by atoms with Crippen LogP contribution < -0.4 is 5.32 Å². The van der Waals surface area contributed by atoms with Gasteiger partial charge in [0.05, 0.1) is 0 Å². The predicted octanol–water partition coefficient (Wildman–Crippen LogP) is 2.34. The zero-order valence-electron chi connectivity index (χ0n) is 11.4. The van der Waals surface area contributed by atoms with Crippen LogP contribution in [0.15, 0.2) is 0 Å². The average Bonchev–Trinajstić information content (AvgIpc) is 2.97. The fourth-order valence-corrected chi connectivity index (χ4v) is 2.53. The molecule has 0 spiro atoms. The van der Waals surface area contributed by atoms with Crippen molar-refractivity contribution in [3.05, 3.63) is 0 Å². The Bertz CT molecular complexity index is 236. The van der Waals surface area contributed by atoms with Crippen LogP contribution in [0.4, 0.5) is 0 Å². The molecule has 0 heterocycles. The molecule has 2 N–H and O–H groups in total. The van der Waals surface area contributed by atoms with E-state index >= 15 is 0 Å². The highest BCUT2D eigenvalue weighted by Crippen LogP contribution is 2.34. The molecule has 0 radical (unpaired) electrons. The Kier molecular flexibility index (Phi) is 5.96. The van der Waals surface area contributed by atoms with Crippen LogP contribution in [0.1, 0.15) is 52.9 Å². The summed E-state index contributed by atoms with van der Waals surface area (Å²) in [4.78, 5) is 11.9. The molecule has 0 saturated heterocycles. The van der Waals surface area contributed by atoms with E-state index < -0.39 is 0 Å². The number of aliphatic hydroxyl groups is 1. The summed E-state index contributed by atoms with van der Waals surface area (Å²) in [5.74, 6) is 1.87. The predicted molar refractivity (Wildman–Crippen MR) is 69.6 cm³/mol. The van der Waals surface area contributed by atoms with E-state index in [1.54, 1.807) is 0 Å². The largest absolute Gasteiger partial charge is 0.396 e. The quantitative estimate of drug-likeness (QED) is 0.685. The van der Waals surface area contributed by atoms with Crippen LogP contribution in [0.25, 0.3) is 0 Å². The van der Waals surface area contributed by atoms with Crippen LogP contribution in [0.3, 0.4) is 0 Å². The van der Waals surface area contributed by atoms with Crippen molar-refractivity contribution in [1.82, 2.24) is 5.32 Å². The number of hydrogen-bond donors (Lipinski definition) is 2. The second kappa shape index (κ2) is 7.00. The maximum Gasteiger partial charge on any atom is 0.220 e. The minimum Gasteiger partial charge on any atom is -0.396 e. The molecule has 0 aromatic rings. The topological polar surface area (TPSA) is 49.3 Å². The first-order valence-electron chi connectivity index (χ1n) is 6.93.